The summed E-state index contributed by atoms with van der Waals surface area (Å²) in [5.41, 5.74) is 0.969. The van der Waals surface area contributed by atoms with Crippen LogP contribution < -0.4 is 5.32 Å². The summed E-state index contributed by atoms with van der Waals surface area (Å²) in [6, 6.07) is 4.22. The van der Waals surface area contributed by atoms with Gasteiger partial charge in [-0.25, -0.2) is 4.98 Å². The van der Waals surface area contributed by atoms with Crippen LogP contribution >= 0.6 is 0 Å². The maximum absolute atomic E-state index is 5.30. The standard InChI is InChI=1S/C12H15N5O/c1-4-13-5-2-9(1)12-15-11(16-17-12)7-14-10-3-6-18-8-10/h1-2,4-5,10,14H,3,6-8H2,(H,15,16,17). The first kappa shape index (κ1) is 11.3. The fraction of sp³-hybridized carbons (Fsp3) is 0.417. The number of nitrogens with one attached hydrogen (secondary N) is 2. The number of pyridine rings is 1. The Balaban J connectivity index is 1.63. The van der Waals surface area contributed by atoms with Crippen molar-refractivity contribution in [1.82, 2.24) is 25.5 Å². The third-order valence-electron chi connectivity index (χ3n) is 2.96. The maximum atomic E-state index is 5.30. The van der Waals surface area contributed by atoms with Gasteiger partial charge in [-0.3, -0.25) is 10.1 Å². The van der Waals surface area contributed by atoms with Crippen LogP contribution in [0.15, 0.2) is 24.5 Å². The highest BCUT2D eigenvalue weighted by Crippen LogP contribution is 2.12. The van der Waals surface area contributed by atoms with Gasteiger partial charge in [-0.15, -0.1) is 0 Å². The van der Waals surface area contributed by atoms with Crippen molar-refractivity contribution in [2.24, 2.45) is 0 Å². The Bertz CT molecular complexity index is 492. The lowest BCUT2D eigenvalue weighted by molar-refractivity contribution is 0.189. The largest absolute Gasteiger partial charge is 0.380 e. The van der Waals surface area contributed by atoms with E-state index in [1.54, 1.807) is 12.4 Å². The molecule has 1 atom stereocenters. The summed E-state index contributed by atoms with van der Waals surface area (Å²) >= 11 is 0. The molecule has 0 bridgehead atoms. The van der Waals surface area contributed by atoms with E-state index in [0.717, 1.165) is 31.0 Å². The quantitative estimate of drug-likeness (QED) is 0.831. The molecule has 0 saturated carbocycles. The first-order chi connectivity index (χ1) is 8.92. The summed E-state index contributed by atoms with van der Waals surface area (Å²) in [5, 5.41) is 10.5. The van der Waals surface area contributed by atoms with Gasteiger partial charge in [0.2, 0.25) is 0 Å². The van der Waals surface area contributed by atoms with Crippen molar-refractivity contribution in [3.63, 3.8) is 0 Å². The molecular weight excluding hydrogens is 230 g/mol. The van der Waals surface area contributed by atoms with Crippen molar-refractivity contribution in [3.05, 3.63) is 30.4 Å². The molecule has 18 heavy (non-hydrogen) atoms. The van der Waals surface area contributed by atoms with Gasteiger partial charge in [0, 0.05) is 30.6 Å². The van der Waals surface area contributed by atoms with Crippen molar-refractivity contribution < 1.29 is 4.74 Å². The summed E-state index contributed by atoms with van der Waals surface area (Å²) in [7, 11) is 0. The van der Waals surface area contributed by atoms with E-state index in [1.807, 2.05) is 12.1 Å². The molecule has 6 heteroatoms. The van der Waals surface area contributed by atoms with Crippen molar-refractivity contribution in [1.29, 1.82) is 0 Å². The van der Waals surface area contributed by atoms with Gasteiger partial charge in [0.05, 0.1) is 13.2 Å². The van der Waals surface area contributed by atoms with E-state index < -0.39 is 0 Å². The molecule has 1 unspecified atom stereocenters. The second kappa shape index (κ2) is 5.24. The van der Waals surface area contributed by atoms with E-state index in [-0.39, 0.29) is 0 Å². The molecule has 2 aromatic heterocycles. The number of H-pyrrole nitrogens is 1. The van der Waals surface area contributed by atoms with Gasteiger partial charge < -0.3 is 10.1 Å². The number of hydrogen-bond acceptors (Lipinski definition) is 5. The summed E-state index contributed by atoms with van der Waals surface area (Å²) in [6.07, 6.45) is 4.53. The molecule has 0 radical (unpaired) electrons. The fourth-order valence-electron chi connectivity index (χ4n) is 1.94. The van der Waals surface area contributed by atoms with Crippen molar-refractivity contribution in [3.8, 4) is 11.4 Å². The molecule has 94 valence electrons. The lowest BCUT2D eigenvalue weighted by Crippen LogP contribution is -2.28. The summed E-state index contributed by atoms with van der Waals surface area (Å²) < 4.78 is 5.30. The number of ether oxygens (including phenoxy) is 1. The highest BCUT2D eigenvalue weighted by molar-refractivity contribution is 5.52. The molecular formula is C12H15N5O. The Morgan fingerprint density at radius 2 is 2.28 bits per heavy atom. The highest BCUT2D eigenvalue weighted by Gasteiger charge is 2.15. The molecule has 3 rings (SSSR count). The normalized spacial score (nSPS) is 19.2. The van der Waals surface area contributed by atoms with E-state index in [2.05, 4.69) is 25.5 Å². The number of rotatable bonds is 4. The van der Waals surface area contributed by atoms with Gasteiger partial charge >= 0.3 is 0 Å². The van der Waals surface area contributed by atoms with Gasteiger partial charge in [0.25, 0.3) is 0 Å². The zero-order chi connectivity index (χ0) is 12.2. The number of nitrogens with zero attached hydrogens (tertiary/aromatic N) is 3. The van der Waals surface area contributed by atoms with Gasteiger partial charge in [0.1, 0.15) is 5.82 Å². The molecule has 0 aromatic carbocycles. The summed E-state index contributed by atoms with van der Waals surface area (Å²) in [5.74, 6) is 1.55. The third-order valence-corrected chi connectivity index (χ3v) is 2.96. The van der Waals surface area contributed by atoms with Crippen LogP contribution in [0.5, 0.6) is 0 Å². The number of aromatic amines is 1. The number of aromatic nitrogens is 4. The Morgan fingerprint density at radius 1 is 1.39 bits per heavy atom. The van der Waals surface area contributed by atoms with Gasteiger partial charge in [0.15, 0.2) is 5.82 Å². The molecule has 2 aromatic rings. The highest BCUT2D eigenvalue weighted by atomic mass is 16.5. The minimum Gasteiger partial charge on any atom is -0.380 e. The van der Waals surface area contributed by atoms with Gasteiger partial charge in [-0.1, -0.05) is 0 Å². The predicted octanol–water partition coefficient (Wildman–Crippen LogP) is 0.745. The Morgan fingerprint density at radius 3 is 3.06 bits per heavy atom. The van der Waals surface area contributed by atoms with Crippen LogP contribution in [0.1, 0.15) is 12.2 Å². The predicted molar refractivity (Wildman–Crippen MR) is 65.7 cm³/mol. The van der Waals surface area contributed by atoms with Gasteiger partial charge in [-0.05, 0) is 18.6 Å². The van der Waals surface area contributed by atoms with Crippen molar-refractivity contribution in [2.45, 2.75) is 19.0 Å². The molecule has 6 nitrogen and oxygen atoms in total. The topological polar surface area (TPSA) is 75.7 Å². The molecule has 0 spiro atoms. The third kappa shape index (κ3) is 2.55. The lowest BCUT2D eigenvalue weighted by atomic mass is 10.2. The molecule has 0 amide bonds. The van der Waals surface area contributed by atoms with Gasteiger partial charge in [-0.2, -0.15) is 5.10 Å². The van der Waals surface area contributed by atoms with Crippen LogP contribution in [0.25, 0.3) is 11.4 Å². The van der Waals surface area contributed by atoms with Crippen LogP contribution in [0, 0.1) is 0 Å². The van der Waals surface area contributed by atoms with Crippen LogP contribution in [-0.2, 0) is 11.3 Å². The Kier molecular flexibility index (Phi) is 3.29. The smallest absolute Gasteiger partial charge is 0.181 e. The summed E-state index contributed by atoms with van der Waals surface area (Å²) in [6.45, 7) is 2.31. The maximum Gasteiger partial charge on any atom is 0.181 e. The molecule has 1 aliphatic heterocycles. The minimum absolute atomic E-state index is 0.430. The van der Waals surface area contributed by atoms with E-state index in [9.17, 15) is 0 Å². The second-order valence-electron chi connectivity index (χ2n) is 4.28. The second-order valence-corrected chi connectivity index (χ2v) is 4.28. The molecule has 2 N–H and O–H groups in total. The Hall–Kier alpha value is -1.79. The van der Waals surface area contributed by atoms with Crippen LogP contribution in [0.2, 0.25) is 0 Å². The van der Waals surface area contributed by atoms with Crippen LogP contribution in [0.3, 0.4) is 0 Å². The average molecular weight is 245 g/mol. The molecule has 1 saturated heterocycles. The first-order valence-corrected chi connectivity index (χ1v) is 6.04. The van der Waals surface area contributed by atoms with E-state index >= 15 is 0 Å². The van der Waals surface area contributed by atoms with Crippen LogP contribution in [-0.4, -0.2) is 39.4 Å². The lowest BCUT2D eigenvalue weighted by Gasteiger charge is -2.07. The fourth-order valence-corrected chi connectivity index (χ4v) is 1.94. The first-order valence-electron chi connectivity index (χ1n) is 6.04. The zero-order valence-corrected chi connectivity index (χ0v) is 9.97. The van der Waals surface area contributed by atoms with E-state index in [0.29, 0.717) is 18.4 Å². The zero-order valence-electron chi connectivity index (χ0n) is 9.97. The minimum atomic E-state index is 0.430. The average Bonchev–Trinajstić information content (AvgIpc) is 3.09. The summed E-state index contributed by atoms with van der Waals surface area (Å²) in [4.78, 5) is 8.42. The molecule has 0 aliphatic carbocycles. The monoisotopic (exact) mass is 245 g/mol. The van der Waals surface area contributed by atoms with Crippen LogP contribution in [0.4, 0.5) is 0 Å². The number of hydrogen-bond donors (Lipinski definition) is 2. The van der Waals surface area contributed by atoms with E-state index in [4.69, 9.17) is 4.74 Å². The molecule has 1 aliphatic rings. The molecule has 3 heterocycles. The molecule has 1 fully saturated rings. The van der Waals surface area contributed by atoms with E-state index in [1.165, 1.54) is 0 Å². The van der Waals surface area contributed by atoms with Crippen molar-refractivity contribution >= 4 is 0 Å². The van der Waals surface area contributed by atoms with Crippen molar-refractivity contribution in [2.75, 3.05) is 13.2 Å². The SMILES string of the molecule is c1cc(-c2n[nH]c(CNC3CCOC3)n2)ccn1. The Labute approximate surface area is 105 Å².